The number of hydrogen-bond acceptors (Lipinski definition) is 4. The summed E-state index contributed by atoms with van der Waals surface area (Å²) < 4.78 is 0.756. The Morgan fingerprint density at radius 1 is 1.05 bits per heavy atom. The molecule has 0 spiro atoms. The van der Waals surface area contributed by atoms with Crippen molar-refractivity contribution in [1.82, 2.24) is 0 Å². The highest BCUT2D eigenvalue weighted by Gasteiger charge is 2.05. The third-order valence-electron chi connectivity index (χ3n) is 2.98. The van der Waals surface area contributed by atoms with Gasteiger partial charge in [0, 0.05) is 25.7 Å². The minimum atomic E-state index is 0.698. The van der Waals surface area contributed by atoms with E-state index in [0.717, 1.165) is 27.2 Å². The van der Waals surface area contributed by atoms with E-state index in [1.54, 1.807) is 6.07 Å². The van der Waals surface area contributed by atoms with Crippen molar-refractivity contribution >= 4 is 17.1 Å². The van der Waals surface area contributed by atoms with Gasteiger partial charge in [-0.3, -0.25) is 0 Å². The molecule has 1 heterocycles. The molecule has 0 aliphatic rings. The topological polar surface area (TPSA) is 54.9 Å². The molecule has 5 heteroatoms. The van der Waals surface area contributed by atoms with Crippen molar-refractivity contribution in [2.24, 2.45) is 10.2 Å². The van der Waals surface area contributed by atoms with E-state index in [9.17, 15) is 5.21 Å². The Morgan fingerprint density at radius 2 is 1.75 bits per heavy atom. The van der Waals surface area contributed by atoms with Crippen molar-refractivity contribution in [1.29, 1.82) is 0 Å². The molecule has 0 fully saturated rings. The average molecular weight is 270 g/mol. The average Bonchev–Trinajstić information content (AvgIpc) is 2.37. The van der Waals surface area contributed by atoms with Gasteiger partial charge in [-0.2, -0.15) is 4.73 Å². The molecule has 0 N–H and O–H groups in total. The fourth-order valence-corrected chi connectivity index (χ4v) is 1.89. The smallest absolute Gasteiger partial charge is 0.185 e. The summed E-state index contributed by atoms with van der Waals surface area (Å²) in [4.78, 5) is 2.00. The molecule has 1 aromatic heterocycles. The second-order valence-electron chi connectivity index (χ2n) is 4.96. The second-order valence-corrected chi connectivity index (χ2v) is 4.96. The predicted octanol–water partition coefficient (Wildman–Crippen LogP) is 3.42. The zero-order chi connectivity index (χ0) is 14.7. The van der Waals surface area contributed by atoms with Crippen molar-refractivity contribution in [2.75, 3.05) is 19.0 Å². The highest BCUT2D eigenvalue weighted by Crippen LogP contribution is 2.30. The number of rotatable bonds is 3. The van der Waals surface area contributed by atoms with Crippen LogP contribution in [0.3, 0.4) is 0 Å². The third-order valence-corrected chi connectivity index (χ3v) is 2.98. The van der Waals surface area contributed by atoms with Crippen molar-refractivity contribution < 1.29 is 4.73 Å². The summed E-state index contributed by atoms with van der Waals surface area (Å²) in [6.07, 6.45) is 2.90. The first-order valence-corrected chi connectivity index (χ1v) is 6.36. The van der Waals surface area contributed by atoms with E-state index in [2.05, 4.69) is 10.2 Å². The normalized spacial score (nSPS) is 11.0. The number of aromatic nitrogens is 1. The van der Waals surface area contributed by atoms with Crippen LogP contribution < -0.4 is 9.63 Å². The van der Waals surface area contributed by atoms with Crippen molar-refractivity contribution in [3.05, 3.63) is 53.0 Å². The van der Waals surface area contributed by atoms with Crippen molar-refractivity contribution in [3.8, 4) is 0 Å². The molecular formula is C15H18N4O. The molecule has 20 heavy (non-hydrogen) atoms. The lowest BCUT2D eigenvalue weighted by Crippen LogP contribution is -2.24. The summed E-state index contributed by atoms with van der Waals surface area (Å²) in [5, 5.41) is 19.7. The largest absolute Gasteiger partial charge is 0.619 e. The second kappa shape index (κ2) is 5.69. The number of nitrogens with zero attached hydrogens (tertiary/aromatic N) is 4. The van der Waals surface area contributed by atoms with Crippen LogP contribution in [0.2, 0.25) is 0 Å². The Labute approximate surface area is 118 Å². The van der Waals surface area contributed by atoms with Gasteiger partial charge in [0.15, 0.2) is 12.4 Å². The number of anilines is 1. The number of benzene rings is 1. The maximum Gasteiger partial charge on any atom is 0.185 e. The van der Waals surface area contributed by atoms with Gasteiger partial charge in [-0.25, -0.2) is 0 Å². The monoisotopic (exact) mass is 270 g/mol. The number of aryl methyl sites for hydroxylation is 2. The molecule has 0 atom stereocenters. The zero-order valence-corrected chi connectivity index (χ0v) is 12.2. The SMILES string of the molecule is Cc1ccc(N(C)C)c(N=Nc2cc[n+]([O-])cc2C)c1. The van der Waals surface area contributed by atoms with Crippen LogP contribution in [-0.2, 0) is 0 Å². The molecule has 2 aromatic rings. The number of hydrogen-bond donors (Lipinski definition) is 0. The molecule has 104 valence electrons. The van der Waals surface area contributed by atoms with E-state index in [4.69, 9.17) is 0 Å². The summed E-state index contributed by atoms with van der Waals surface area (Å²) in [5.74, 6) is 0. The van der Waals surface area contributed by atoms with Gasteiger partial charge in [0.25, 0.3) is 0 Å². The first-order valence-electron chi connectivity index (χ1n) is 6.36. The van der Waals surface area contributed by atoms with Gasteiger partial charge in [0.1, 0.15) is 11.4 Å². The maximum atomic E-state index is 11.1. The van der Waals surface area contributed by atoms with E-state index in [1.165, 1.54) is 12.4 Å². The van der Waals surface area contributed by atoms with Gasteiger partial charge >= 0.3 is 0 Å². The van der Waals surface area contributed by atoms with E-state index in [1.807, 2.05) is 51.0 Å². The Morgan fingerprint density at radius 3 is 2.40 bits per heavy atom. The quantitative estimate of drug-likeness (QED) is 0.487. The molecule has 0 saturated heterocycles. The molecule has 0 aliphatic heterocycles. The van der Waals surface area contributed by atoms with Crippen LogP contribution >= 0.6 is 0 Å². The van der Waals surface area contributed by atoms with Gasteiger partial charge < -0.3 is 10.1 Å². The first kappa shape index (κ1) is 14.0. The van der Waals surface area contributed by atoms with E-state index in [-0.39, 0.29) is 0 Å². The summed E-state index contributed by atoms with van der Waals surface area (Å²) in [6, 6.07) is 7.72. The fourth-order valence-electron chi connectivity index (χ4n) is 1.89. The summed E-state index contributed by atoms with van der Waals surface area (Å²) in [6.45, 7) is 3.86. The Balaban J connectivity index is 2.38. The molecule has 0 bridgehead atoms. The fraction of sp³-hybridized carbons (Fsp3) is 0.267. The maximum absolute atomic E-state index is 11.1. The molecule has 1 aromatic carbocycles. The van der Waals surface area contributed by atoms with Gasteiger partial charge in [-0.05, 0) is 31.5 Å². The first-order chi connectivity index (χ1) is 9.47. The summed E-state index contributed by atoms with van der Waals surface area (Å²) in [5.41, 5.74) is 4.44. The molecule has 0 amide bonds. The van der Waals surface area contributed by atoms with Crippen molar-refractivity contribution in [3.63, 3.8) is 0 Å². The third kappa shape index (κ3) is 3.12. The highest BCUT2D eigenvalue weighted by molar-refractivity contribution is 5.67. The summed E-state index contributed by atoms with van der Waals surface area (Å²) >= 11 is 0. The Hall–Kier alpha value is -2.43. The van der Waals surface area contributed by atoms with Crippen LogP contribution in [0.5, 0.6) is 0 Å². The predicted molar refractivity (Wildman–Crippen MR) is 79.8 cm³/mol. The Kier molecular flexibility index (Phi) is 3.98. The highest BCUT2D eigenvalue weighted by atomic mass is 16.5. The number of pyridine rings is 1. The number of azo groups is 1. The molecular weight excluding hydrogens is 252 g/mol. The van der Waals surface area contributed by atoms with E-state index in [0.29, 0.717) is 5.69 Å². The van der Waals surface area contributed by atoms with Crippen LogP contribution in [-0.4, -0.2) is 14.1 Å². The van der Waals surface area contributed by atoms with Gasteiger partial charge in [0.2, 0.25) is 0 Å². The lowest BCUT2D eigenvalue weighted by atomic mass is 10.2. The van der Waals surface area contributed by atoms with E-state index >= 15 is 0 Å². The van der Waals surface area contributed by atoms with Crippen LogP contribution in [0.1, 0.15) is 11.1 Å². The minimum Gasteiger partial charge on any atom is -0.619 e. The van der Waals surface area contributed by atoms with Gasteiger partial charge in [-0.1, -0.05) is 6.07 Å². The van der Waals surface area contributed by atoms with Gasteiger partial charge in [-0.15, -0.1) is 10.2 Å². The molecule has 0 aliphatic carbocycles. The molecule has 0 saturated carbocycles. The van der Waals surface area contributed by atoms with Crippen LogP contribution in [0.25, 0.3) is 0 Å². The van der Waals surface area contributed by atoms with Gasteiger partial charge in [0.05, 0.1) is 5.69 Å². The Bertz CT molecular complexity index is 650. The summed E-state index contributed by atoms with van der Waals surface area (Å²) in [7, 11) is 3.94. The molecule has 2 rings (SSSR count). The van der Waals surface area contributed by atoms with Crippen LogP contribution in [0.15, 0.2) is 46.9 Å². The van der Waals surface area contributed by atoms with Crippen molar-refractivity contribution in [2.45, 2.75) is 13.8 Å². The molecule has 0 unspecified atom stereocenters. The lowest BCUT2D eigenvalue weighted by molar-refractivity contribution is -0.605. The van der Waals surface area contributed by atoms with Crippen LogP contribution in [0.4, 0.5) is 17.1 Å². The van der Waals surface area contributed by atoms with Crippen LogP contribution in [0, 0.1) is 19.1 Å². The molecule has 5 nitrogen and oxygen atoms in total. The minimum absolute atomic E-state index is 0.698. The van der Waals surface area contributed by atoms with E-state index < -0.39 is 0 Å². The standard InChI is InChI=1S/C15H18N4O/c1-11-5-6-15(18(3)4)14(9-11)17-16-13-7-8-19(20)10-12(13)2/h5-10H,1-4H3. The molecule has 0 radical (unpaired) electrons. The lowest BCUT2D eigenvalue weighted by Gasteiger charge is -2.14. The zero-order valence-electron chi connectivity index (χ0n) is 12.2.